The lowest BCUT2D eigenvalue weighted by atomic mass is 9.97. The first kappa shape index (κ1) is 21.8. The minimum Gasteiger partial charge on any atom is -0.355 e. The van der Waals surface area contributed by atoms with Crippen molar-refractivity contribution in [3.05, 3.63) is 47.8 Å². The first-order valence-corrected chi connectivity index (χ1v) is 11.0. The zero-order valence-corrected chi connectivity index (χ0v) is 18.7. The molecule has 30 heavy (non-hydrogen) atoms. The maximum Gasteiger partial charge on any atom is 0.147 e. The molecule has 0 aromatic carbocycles. The van der Waals surface area contributed by atoms with Crippen molar-refractivity contribution in [2.75, 3.05) is 23.3 Å². The van der Waals surface area contributed by atoms with Gasteiger partial charge in [-0.2, -0.15) is 5.26 Å². The summed E-state index contributed by atoms with van der Waals surface area (Å²) < 4.78 is 0. The lowest BCUT2D eigenvalue weighted by Gasteiger charge is -2.30. The average molecular weight is 404 g/mol. The maximum absolute atomic E-state index is 9.92. The molecule has 3 rings (SSSR count). The molecule has 1 saturated carbocycles. The lowest BCUT2D eigenvalue weighted by molar-refractivity contribution is 0.414. The van der Waals surface area contributed by atoms with E-state index in [-0.39, 0.29) is 0 Å². The molecule has 0 saturated heterocycles. The van der Waals surface area contributed by atoms with E-state index in [1.54, 1.807) is 12.3 Å². The highest BCUT2D eigenvalue weighted by atomic mass is 15.2. The highest BCUT2D eigenvalue weighted by Gasteiger charge is 2.30. The number of aromatic nitrogens is 2. The minimum atomic E-state index is 0.451. The quantitative estimate of drug-likeness (QED) is 0.517. The van der Waals surface area contributed by atoms with Crippen molar-refractivity contribution in [1.82, 2.24) is 9.97 Å². The largest absolute Gasteiger partial charge is 0.355 e. The summed E-state index contributed by atoms with van der Waals surface area (Å²) in [4.78, 5) is 11.8. The molecule has 1 aliphatic rings. The van der Waals surface area contributed by atoms with Crippen LogP contribution in [0.5, 0.6) is 0 Å². The van der Waals surface area contributed by atoms with Crippen molar-refractivity contribution >= 4 is 23.4 Å². The van der Waals surface area contributed by atoms with Gasteiger partial charge in [-0.05, 0) is 54.9 Å². The van der Waals surface area contributed by atoms with E-state index >= 15 is 0 Å². The normalized spacial score (nSPS) is 14.3. The molecule has 5 heteroatoms. The summed E-state index contributed by atoms with van der Waals surface area (Å²) in [5, 5.41) is 13.3. The fourth-order valence-corrected chi connectivity index (χ4v) is 3.50. The molecular formula is C25H33N5. The standard InChI is InChI=1S/C25H33N5/c1-6-12-30(16-18(5)17(3)4)25-21(15-26)14-22(24(29-25)20-8-9-20)28-23-13-19(7-2)10-11-27-23/h7,10-11,13-14,17-18,20H,2,6,8-9,12,16H2,1,3-5H3,(H,27,28)/t18-/m0/s1. The van der Waals surface area contributed by atoms with E-state index in [9.17, 15) is 5.26 Å². The van der Waals surface area contributed by atoms with E-state index in [1.807, 2.05) is 18.2 Å². The molecule has 0 unspecified atom stereocenters. The van der Waals surface area contributed by atoms with Gasteiger partial charge in [0, 0.05) is 25.2 Å². The number of nitrogens with zero attached hydrogens (tertiary/aromatic N) is 4. The van der Waals surface area contributed by atoms with Crippen LogP contribution in [0.4, 0.5) is 17.3 Å². The van der Waals surface area contributed by atoms with Crippen LogP contribution in [-0.4, -0.2) is 23.1 Å². The number of hydrogen-bond donors (Lipinski definition) is 1. The van der Waals surface area contributed by atoms with Crippen molar-refractivity contribution in [3.63, 3.8) is 0 Å². The molecule has 0 radical (unpaired) electrons. The fourth-order valence-electron chi connectivity index (χ4n) is 3.50. The summed E-state index contributed by atoms with van der Waals surface area (Å²) in [5.74, 6) is 3.13. The third-order valence-corrected chi connectivity index (χ3v) is 5.84. The third-order valence-electron chi connectivity index (χ3n) is 5.84. The van der Waals surface area contributed by atoms with Gasteiger partial charge in [-0.15, -0.1) is 0 Å². The Morgan fingerprint density at radius 1 is 1.33 bits per heavy atom. The second-order valence-corrected chi connectivity index (χ2v) is 8.65. The van der Waals surface area contributed by atoms with Gasteiger partial charge in [0.05, 0.1) is 16.9 Å². The van der Waals surface area contributed by atoms with Crippen molar-refractivity contribution in [2.45, 2.75) is 52.9 Å². The molecular weight excluding hydrogens is 370 g/mol. The fraction of sp³-hybridized carbons (Fsp3) is 0.480. The first-order valence-electron chi connectivity index (χ1n) is 11.0. The molecule has 1 aliphatic carbocycles. The first-order chi connectivity index (χ1) is 14.5. The topological polar surface area (TPSA) is 64.8 Å². The molecule has 0 spiro atoms. The summed E-state index contributed by atoms with van der Waals surface area (Å²) in [6, 6.07) is 8.22. The van der Waals surface area contributed by atoms with Crippen LogP contribution in [0, 0.1) is 23.2 Å². The molecule has 0 amide bonds. The van der Waals surface area contributed by atoms with Crippen molar-refractivity contribution in [3.8, 4) is 6.07 Å². The van der Waals surface area contributed by atoms with Crippen LogP contribution in [0.3, 0.4) is 0 Å². The molecule has 0 bridgehead atoms. The summed E-state index contributed by atoms with van der Waals surface area (Å²) in [6.45, 7) is 14.6. The zero-order valence-electron chi connectivity index (χ0n) is 18.7. The van der Waals surface area contributed by atoms with Crippen LogP contribution < -0.4 is 10.2 Å². The van der Waals surface area contributed by atoms with E-state index in [4.69, 9.17) is 4.98 Å². The van der Waals surface area contributed by atoms with E-state index in [0.29, 0.717) is 23.3 Å². The number of hydrogen-bond acceptors (Lipinski definition) is 5. The van der Waals surface area contributed by atoms with Crippen molar-refractivity contribution in [1.29, 1.82) is 5.26 Å². The Labute approximate surface area is 180 Å². The molecule has 1 fully saturated rings. The third kappa shape index (κ3) is 5.18. The number of pyridine rings is 2. The van der Waals surface area contributed by atoms with Gasteiger partial charge in [0.25, 0.3) is 0 Å². The SMILES string of the molecule is C=Cc1ccnc(Nc2cc(C#N)c(N(CCC)C[C@H](C)C(C)C)nc2C2CC2)c1. The van der Waals surface area contributed by atoms with Gasteiger partial charge >= 0.3 is 0 Å². The monoisotopic (exact) mass is 403 g/mol. The van der Waals surface area contributed by atoms with Crippen molar-refractivity contribution < 1.29 is 0 Å². The van der Waals surface area contributed by atoms with Gasteiger partial charge in [0.15, 0.2) is 0 Å². The summed E-state index contributed by atoms with van der Waals surface area (Å²) >= 11 is 0. The molecule has 1 N–H and O–H groups in total. The molecule has 2 aromatic rings. The average Bonchev–Trinajstić information content (AvgIpc) is 3.58. The maximum atomic E-state index is 9.92. The van der Waals surface area contributed by atoms with Gasteiger partial charge in [0.1, 0.15) is 17.7 Å². The second-order valence-electron chi connectivity index (χ2n) is 8.65. The van der Waals surface area contributed by atoms with Gasteiger partial charge in [-0.25, -0.2) is 9.97 Å². The van der Waals surface area contributed by atoms with E-state index in [2.05, 4.69) is 55.5 Å². The zero-order chi connectivity index (χ0) is 21.7. The highest BCUT2D eigenvalue weighted by molar-refractivity contribution is 5.69. The molecule has 2 aromatic heterocycles. The Morgan fingerprint density at radius 3 is 2.70 bits per heavy atom. The van der Waals surface area contributed by atoms with E-state index in [0.717, 1.165) is 60.9 Å². The summed E-state index contributed by atoms with van der Waals surface area (Å²) in [6.07, 6.45) is 6.87. The van der Waals surface area contributed by atoms with Gasteiger partial charge < -0.3 is 10.2 Å². The molecule has 0 aliphatic heterocycles. The molecule has 158 valence electrons. The van der Waals surface area contributed by atoms with Crippen LogP contribution >= 0.6 is 0 Å². The van der Waals surface area contributed by atoms with Crippen LogP contribution in [0.2, 0.25) is 0 Å². The Kier molecular flexibility index (Phi) is 7.10. The molecule has 5 nitrogen and oxygen atoms in total. The summed E-state index contributed by atoms with van der Waals surface area (Å²) in [5.41, 5.74) is 3.56. The number of nitriles is 1. The van der Waals surface area contributed by atoms with E-state index in [1.165, 1.54) is 0 Å². The van der Waals surface area contributed by atoms with Crippen LogP contribution in [0.1, 0.15) is 69.7 Å². The van der Waals surface area contributed by atoms with Gasteiger partial charge in [-0.1, -0.05) is 40.3 Å². The Morgan fingerprint density at radius 2 is 2.10 bits per heavy atom. The Hall–Kier alpha value is -2.87. The van der Waals surface area contributed by atoms with Gasteiger partial charge in [-0.3, -0.25) is 0 Å². The van der Waals surface area contributed by atoms with Crippen LogP contribution in [-0.2, 0) is 0 Å². The van der Waals surface area contributed by atoms with Crippen LogP contribution in [0.15, 0.2) is 31.0 Å². The smallest absolute Gasteiger partial charge is 0.147 e. The number of rotatable bonds is 10. The van der Waals surface area contributed by atoms with E-state index < -0.39 is 0 Å². The van der Waals surface area contributed by atoms with Crippen molar-refractivity contribution in [2.24, 2.45) is 11.8 Å². The van der Waals surface area contributed by atoms with Gasteiger partial charge in [0.2, 0.25) is 0 Å². The molecule has 2 heterocycles. The number of anilines is 3. The van der Waals surface area contributed by atoms with Crippen LogP contribution in [0.25, 0.3) is 6.08 Å². The molecule has 1 atom stereocenters. The number of nitrogens with one attached hydrogen (secondary N) is 1. The predicted octanol–water partition coefficient (Wildman–Crippen LogP) is 6.12. The minimum absolute atomic E-state index is 0.451. The predicted molar refractivity (Wildman–Crippen MR) is 125 cm³/mol. The lowest BCUT2D eigenvalue weighted by Crippen LogP contribution is -2.32. The highest BCUT2D eigenvalue weighted by Crippen LogP contribution is 2.44. The Bertz CT molecular complexity index is 924. The second kappa shape index (κ2) is 9.75. The summed E-state index contributed by atoms with van der Waals surface area (Å²) in [7, 11) is 0. The Balaban J connectivity index is 2.00.